The van der Waals surface area contributed by atoms with Crippen LogP contribution in [0.5, 0.6) is 0 Å². The Labute approximate surface area is 171 Å². The van der Waals surface area contributed by atoms with Crippen LogP contribution in [-0.2, 0) is 9.47 Å². The third-order valence-electron chi connectivity index (χ3n) is 4.99. The number of nitrogens with one attached hydrogen (secondary N) is 1. The number of non-ortho nitro benzene ring substituents is 1. The maximum Gasteiger partial charge on any atom is 0.340 e. The van der Waals surface area contributed by atoms with Crippen LogP contribution in [0.1, 0.15) is 20.7 Å². The first-order valence-electron chi connectivity index (χ1n) is 9.42. The molecule has 0 atom stereocenters. The summed E-state index contributed by atoms with van der Waals surface area (Å²) in [5.41, 5.74) is 1.58. The van der Waals surface area contributed by atoms with E-state index in [4.69, 9.17) is 9.47 Å². The quantitative estimate of drug-likeness (QED) is 0.288. The van der Waals surface area contributed by atoms with Crippen LogP contribution < -0.4 is 4.90 Å². The van der Waals surface area contributed by atoms with Crippen LogP contribution in [0.25, 0.3) is 10.9 Å². The Morgan fingerprint density at radius 1 is 1.13 bits per heavy atom. The van der Waals surface area contributed by atoms with Gasteiger partial charge in [-0.2, -0.15) is 0 Å². The lowest BCUT2D eigenvalue weighted by Crippen LogP contribution is -2.37. The summed E-state index contributed by atoms with van der Waals surface area (Å²) < 4.78 is 10.6. The summed E-state index contributed by atoms with van der Waals surface area (Å²) >= 11 is 0. The van der Waals surface area contributed by atoms with Crippen molar-refractivity contribution in [1.29, 1.82) is 0 Å². The lowest BCUT2D eigenvalue weighted by atomic mass is 10.1. The molecule has 2 aromatic carbocycles. The fraction of sp³-hybridized carbons (Fsp3) is 0.238. The molecule has 2 heterocycles. The van der Waals surface area contributed by atoms with E-state index in [1.807, 2.05) is 23.1 Å². The molecule has 1 fully saturated rings. The van der Waals surface area contributed by atoms with Gasteiger partial charge in [0.25, 0.3) is 5.69 Å². The van der Waals surface area contributed by atoms with Gasteiger partial charge < -0.3 is 19.4 Å². The molecule has 0 saturated carbocycles. The average Bonchev–Trinajstić information content (AvgIpc) is 3.21. The Kier molecular flexibility index (Phi) is 5.44. The predicted molar refractivity (Wildman–Crippen MR) is 109 cm³/mol. The van der Waals surface area contributed by atoms with E-state index in [1.165, 1.54) is 18.2 Å². The summed E-state index contributed by atoms with van der Waals surface area (Å²) in [6.45, 7) is 1.61. The van der Waals surface area contributed by atoms with Crippen molar-refractivity contribution in [3.63, 3.8) is 0 Å². The van der Waals surface area contributed by atoms with Crippen LogP contribution in [0.15, 0.2) is 48.7 Å². The minimum absolute atomic E-state index is 0.0535. The number of ketones is 1. The molecule has 3 aromatic rings. The van der Waals surface area contributed by atoms with E-state index in [1.54, 1.807) is 12.3 Å². The zero-order valence-electron chi connectivity index (χ0n) is 16.0. The van der Waals surface area contributed by atoms with E-state index in [0.29, 0.717) is 37.6 Å². The smallest absolute Gasteiger partial charge is 0.340 e. The van der Waals surface area contributed by atoms with Crippen molar-refractivity contribution in [2.75, 3.05) is 37.8 Å². The molecule has 1 aliphatic heterocycles. The van der Waals surface area contributed by atoms with Crippen molar-refractivity contribution in [1.82, 2.24) is 4.98 Å². The number of benzene rings is 2. The topological polar surface area (TPSA) is 115 Å². The summed E-state index contributed by atoms with van der Waals surface area (Å²) in [5.74, 6) is -1.15. The highest BCUT2D eigenvalue weighted by molar-refractivity contribution is 6.09. The molecule has 1 saturated heterocycles. The van der Waals surface area contributed by atoms with Crippen LogP contribution >= 0.6 is 0 Å². The first kappa shape index (κ1) is 19.6. The molecule has 0 aliphatic carbocycles. The van der Waals surface area contributed by atoms with E-state index in [2.05, 4.69) is 4.98 Å². The molecule has 30 heavy (non-hydrogen) atoms. The molecule has 0 amide bonds. The lowest BCUT2D eigenvalue weighted by Gasteiger charge is -2.30. The van der Waals surface area contributed by atoms with E-state index >= 15 is 0 Å². The lowest BCUT2D eigenvalue weighted by molar-refractivity contribution is -0.384. The number of para-hydroxylation sites is 1. The molecule has 0 bridgehead atoms. The number of hydrogen-bond donors (Lipinski definition) is 1. The van der Waals surface area contributed by atoms with Gasteiger partial charge in [-0.25, -0.2) is 4.79 Å². The van der Waals surface area contributed by atoms with Gasteiger partial charge in [-0.05, 0) is 12.1 Å². The van der Waals surface area contributed by atoms with E-state index < -0.39 is 17.5 Å². The average molecular weight is 409 g/mol. The van der Waals surface area contributed by atoms with Crippen molar-refractivity contribution < 1.29 is 24.0 Å². The fourth-order valence-electron chi connectivity index (χ4n) is 3.47. The number of carbonyl (C=O) groups is 2. The molecule has 9 heteroatoms. The number of rotatable bonds is 6. The highest BCUT2D eigenvalue weighted by atomic mass is 16.6. The predicted octanol–water partition coefficient (Wildman–Crippen LogP) is 2.95. The van der Waals surface area contributed by atoms with Gasteiger partial charge in [0.05, 0.1) is 29.4 Å². The third kappa shape index (κ3) is 3.87. The molecule has 0 spiro atoms. The van der Waals surface area contributed by atoms with Crippen LogP contribution in [0.3, 0.4) is 0 Å². The number of H-pyrrole nitrogens is 1. The number of morpholine rings is 1. The zero-order chi connectivity index (χ0) is 21.1. The van der Waals surface area contributed by atoms with Gasteiger partial charge in [0, 0.05) is 47.9 Å². The first-order chi connectivity index (χ1) is 14.5. The normalized spacial score (nSPS) is 13.9. The second-order valence-electron chi connectivity index (χ2n) is 6.81. The number of anilines is 1. The number of Topliss-reactive ketones (excluding diaryl/α,β-unsaturated/α-hetero) is 1. The number of fused-ring (bicyclic) bond motifs is 1. The SMILES string of the molecule is O=C(OCC(=O)c1c[nH]c2ccccc12)c1cc([N+](=O)[O-])ccc1N1CCOCC1. The molecular weight excluding hydrogens is 390 g/mol. The maximum absolute atomic E-state index is 12.8. The molecule has 1 aliphatic rings. The Bertz CT molecular complexity index is 1120. The van der Waals surface area contributed by atoms with Crippen molar-refractivity contribution in [3.8, 4) is 0 Å². The molecule has 4 rings (SSSR count). The number of hydrogen-bond acceptors (Lipinski definition) is 7. The van der Waals surface area contributed by atoms with Crippen LogP contribution in [-0.4, -0.2) is 54.6 Å². The highest BCUT2D eigenvalue weighted by Crippen LogP contribution is 2.27. The molecule has 0 unspecified atom stereocenters. The molecule has 154 valence electrons. The zero-order valence-corrected chi connectivity index (χ0v) is 16.0. The highest BCUT2D eigenvalue weighted by Gasteiger charge is 2.24. The van der Waals surface area contributed by atoms with Crippen LogP contribution in [0.2, 0.25) is 0 Å². The molecule has 1 N–H and O–H groups in total. The number of aromatic amines is 1. The van der Waals surface area contributed by atoms with Gasteiger partial charge in [0.15, 0.2) is 6.61 Å². The molecule has 9 nitrogen and oxygen atoms in total. The van der Waals surface area contributed by atoms with E-state index in [9.17, 15) is 19.7 Å². The van der Waals surface area contributed by atoms with Gasteiger partial charge in [-0.3, -0.25) is 14.9 Å². The Balaban J connectivity index is 1.55. The van der Waals surface area contributed by atoms with Gasteiger partial charge in [0.2, 0.25) is 5.78 Å². The number of nitro groups is 1. The summed E-state index contributed by atoms with van der Waals surface area (Å²) in [5, 5.41) is 11.9. The largest absolute Gasteiger partial charge is 0.454 e. The molecule has 1 aromatic heterocycles. The van der Waals surface area contributed by atoms with E-state index in [-0.39, 0.29) is 17.0 Å². The van der Waals surface area contributed by atoms with Crippen LogP contribution in [0, 0.1) is 10.1 Å². The Hall–Kier alpha value is -3.72. The standard InChI is InChI=1S/C21H19N3O6/c25-20(17-12-22-18-4-2-1-3-15(17)18)13-30-21(26)16-11-14(24(27)28)5-6-19(16)23-7-9-29-10-8-23/h1-6,11-12,22H,7-10,13H2. The summed E-state index contributed by atoms with van der Waals surface area (Å²) in [4.78, 5) is 40.9. The van der Waals surface area contributed by atoms with Crippen molar-refractivity contribution >= 4 is 34.0 Å². The molecular formula is C21H19N3O6. The van der Waals surface area contributed by atoms with E-state index in [0.717, 1.165) is 10.9 Å². The van der Waals surface area contributed by atoms with Crippen molar-refractivity contribution in [2.24, 2.45) is 0 Å². The van der Waals surface area contributed by atoms with Crippen molar-refractivity contribution in [2.45, 2.75) is 0 Å². The summed E-state index contributed by atoms with van der Waals surface area (Å²) in [6, 6.07) is 11.4. The van der Waals surface area contributed by atoms with Gasteiger partial charge in [-0.1, -0.05) is 18.2 Å². The maximum atomic E-state index is 12.8. The van der Waals surface area contributed by atoms with Crippen LogP contribution in [0.4, 0.5) is 11.4 Å². The Morgan fingerprint density at radius 3 is 2.67 bits per heavy atom. The summed E-state index contributed by atoms with van der Waals surface area (Å²) in [6.07, 6.45) is 1.58. The minimum atomic E-state index is -0.784. The van der Waals surface area contributed by atoms with Gasteiger partial charge >= 0.3 is 5.97 Å². The number of nitrogens with zero attached hydrogens (tertiary/aromatic N) is 2. The first-order valence-corrected chi connectivity index (χ1v) is 9.42. The second-order valence-corrected chi connectivity index (χ2v) is 6.81. The minimum Gasteiger partial charge on any atom is -0.454 e. The number of ether oxygens (including phenoxy) is 2. The summed E-state index contributed by atoms with van der Waals surface area (Å²) in [7, 11) is 0. The number of aromatic nitrogens is 1. The Morgan fingerprint density at radius 2 is 1.90 bits per heavy atom. The second kappa shape index (κ2) is 8.34. The number of esters is 1. The third-order valence-corrected chi connectivity index (χ3v) is 4.99. The molecule has 0 radical (unpaired) electrons. The monoisotopic (exact) mass is 409 g/mol. The van der Waals surface area contributed by atoms with Gasteiger partial charge in [0.1, 0.15) is 0 Å². The van der Waals surface area contributed by atoms with Gasteiger partial charge in [-0.15, -0.1) is 0 Å². The number of carbonyl (C=O) groups excluding carboxylic acids is 2. The van der Waals surface area contributed by atoms with Crippen molar-refractivity contribution in [3.05, 3.63) is 69.9 Å². The fourth-order valence-corrected chi connectivity index (χ4v) is 3.47. The number of nitro benzene ring substituents is 1.